The molecule has 436 valence electrons. The highest BCUT2D eigenvalue weighted by Gasteiger charge is 2.37. The van der Waals surface area contributed by atoms with E-state index in [4.69, 9.17) is 28.4 Å². The van der Waals surface area contributed by atoms with Gasteiger partial charge in [0.1, 0.15) is 54.3 Å². The van der Waals surface area contributed by atoms with Crippen molar-refractivity contribution in [2.75, 3.05) is 39.6 Å². The minimum Gasteiger partial charge on any atom is -0.494 e. The summed E-state index contributed by atoms with van der Waals surface area (Å²) in [5.41, 5.74) is 17.7. The fourth-order valence-electron chi connectivity index (χ4n) is 12.8. The highest BCUT2D eigenvalue weighted by molar-refractivity contribution is 5.85. The molecule has 8 aliphatic heterocycles. The molecule has 12 aliphatic rings. The van der Waals surface area contributed by atoms with Crippen molar-refractivity contribution in [3.05, 3.63) is 152 Å². The van der Waals surface area contributed by atoms with Crippen LogP contribution >= 0.6 is 0 Å². The minimum atomic E-state index is 0. The van der Waals surface area contributed by atoms with E-state index in [1.807, 2.05) is 59.8 Å². The fourth-order valence-corrected chi connectivity index (χ4v) is 12.8. The fraction of sp³-hybridized carbons (Fsp3) is 0.446. The number of hydrogen-bond acceptors (Lipinski definition) is 15. The van der Waals surface area contributed by atoms with Gasteiger partial charge in [-0.2, -0.15) is 0 Å². The van der Waals surface area contributed by atoms with Crippen molar-refractivity contribution in [3.8, 4) is 5.75 Å². The van der Waals surface area contributed by atoms with Gasteiger partial charge in [-0.25, -0.2) is 15.0 Å². The van der Waals surface area contributed by atoms with Gasteiger partial charge in [0.2, 0.25) is 0 Å². The summed E-state index contributed by atoms with van der Waals surface area (Å²) in [4.78, 5) is 36.9. The van der Waals surface area contributed by atoms with E-state index in [2.05, 4.69) is 115 Å². The molecule has 18 rings (SSSR count). The SMILES string of the molecule is C.C.CC1=NC2C3=C(C=CC2N1)COCC3.CC1=NC2C3=C(C=CC2N1)OCCC3.CC1=NC2C3=C(C=CC2N1)OCCO3.Cc1nc2c3c(ccc2[nH]1)CCC3.Cc1nc2c3c(ccc2[nH]1)COC3.Cc1nc2c3c(ccc2[nH]1)OCC3. The van der Waals surface area contributed by atoms with Crippen molar-refractivity contribution in [3.63, 3.8) is 0 Å². The summed E-state index contributed by atoms with van der Waals surface area (Å²) in [6, 6.07) is 14.4. The number of aromatic nitrogens is 6. The molecule has 18 nitrogen and oxygen atoms in total. The van der Waals surface area contributed by atoms with Crippen LogP contribution in [-0.4, -0.2) is 123 Å². The van der Waals surface area contributed by atoms with Gasteiger partial charge in [-0.15, -0.1) is 0 Å². The summed E-state index contributed by atoms with van der Waals surface area (Å²) >= 11 is 0. The lowest BCUT2D eigenvalue weighted by molar-refractivity contribution is 0.0577. The quantitative estimate of drug-likeness (QED) is 0.0838. The molecular weight excluding hydrogens is 1040 g/mol. The van der Waals surface area contributed by atoms with Crippen molar-refractivity contribution in [1.29, 1.82) is 0 Å². The Kier molecular flexibility index (Phi) is 16.8. The zero-order chi connectivity index (χ0) is 55.1. The molecule has 18 heteroatoms. The first-order valence-corrected chi connectivity index (χ1v) is 28.8. The lowest BCUT2D eigenvalue weighted by Gasteiger charge is -2.28. The van der Waals surface area contributed by atoms with Gasteiger partial charge in [0.15, 0.2) is 11.5 Å². The number of rotatable bonds is 0. The van der Waals surface area contributed by atoms with Crippen LogP contribution in [0.15, 0.2) is 122 Å². The number of aryl methyl sites for hydroxylation is 5. The summed E-state index contributed by atoms with van der Waals surface area (Å²) in [7, 11) is 0. The van der Waals surface area contributed by atoms with Crippen LogP contribution in [0.3, 0.4) is 0 Å². The number of nitrogens with zero attached hydrogens (tertiary/aromatic N) is 6. The number of hydrogen-bond donors (Lipinski definition) is 6. The van der Waals surface area contributed by atoms with Gasteiger partial charge in [0.05, 0.1) is 114 Å². The van der Waals surface area contributed by atoms with Crippen molar-refractivity contribution in [2.45, 2.75) is 151 Å². The first-order chi connectivity index (χ1) is 39.6. The molecule has 0 saturated carbocycles. The third-order valence-corrected chi connectivity index (χ3v) is 16.5. The van der Waals surface area contributed by atoms with E-state index in [1.54, 1.807) is 0 Å². The van der Waals surface area contributed by atoms with Crippen molar-refractivity contribution >= 4 is 50.6 Å². The van der Waals surface area contributed by atoms with Crippen LogP contribution in [0.5, 0.6) is 5.75 Å². The monoisotopic (exact) mass is 1120 g/mol. The number of aromatic amines is 3. The zero-order valence-corrected chi connectivity index (χ0v) is 47.1. The third kappa shape index (κ3) is 11.7. The highest BCUT2D eigenvalue weighted by Crippen LogP contribution is 2.35. The molecule has 83 heavy (non-hydrogen) atoms. The van der Waals surface area contributed by atoms with Crippen molar-refractivity contribution < 1.29 is 28.4 Å². The maximum Gasteiger partial charge on any atom is 0.165 e. The Balaban J connectivity index is 0.000000104. The van der Waals surface area contributed by atoms with E-state index < -0.39 is 0 Å². The number of fused-ring (bicyclic) bond motifs is 15. The van der Waals surface area contributed by atoms with Crippen molar-refractivity contribution in [1.82, 2.24) is 45.9 Å². The van der Waals surface area contributed by atoms with Crippen LogP contribution < -0.4 is 20.7 Å². The van der Waals surface area contributed by atoms with Gasteiger partial charge in [0, 0.05) is 17.5 Å². The number of benzene rings is 3. The zero-order valence-electron chi connectivity index (χ0n) is 47.1. The molecule has 0 bridgehead atoms. The van der Waals surface area contributed by atoms with Crippen LogP contribution in [-0.2, 0) is 56.2 Å². The second kappa shape index (κ2) is 24.5. The van der Waals surface area contributed by atoms with E-state index >= 15 is 0 Å². The maximum absolute atomic E-state index is 5.62. The van der Waals surface area contributed by atoms with Crippen LogP contribution in [0.25, 0.3) is 33.1 Å². The molecule has 6 N–H and O–H groups in total. The van der Waals surface area contributed by atoms with E-state index in [0.29, 0.717) is 44.0 Å². The summed E-state index contributed by atoms with van der Waals surface area (Å²) in [5, 5.41) is 10.0. The number of nitrogens with one attached hydrogen (secondary N) is 6. The first-order valence-electron chi connectivity index (χ1n) is 28.8. The highest BCUT2D eigenvalue weighted by atomic mass is 16.6. The molecule has 0 fully saturated rings. The number of aliphatic imine (C=N–C) groups is 3. The number of ether oxygens (including phenoxy) is 6. The molecule has 0 amide bonds. The summed E-state index contributed by atoms with van der Waals surface area (Å²) in [6.45, 7) is 18.0. The van der Waals surface area contributed by atoms with Crippen LogP contribution in [0.1, 0.15) is 107 Å². The van der Waals surface area contributed by atoms with E-state index in [0.717, 1.165) is 139 Å². The predicted molar refractivity (Wildman–Crippen MR) is 328 cm³/mol. The van der Waals surface area contributed by atoms with Gasteiger partial charge in [-0.05, 0) is 150 Å². The van der Waals surface area contributed by atoms with Crippen LogP contribution in [0.4, 0.5) is 0 Å². The normalized spacial score (nSPS) is 24.3. The molecule has 3 aromatic heterocycles. The van der Waals surface area contributed by atoms with Gasteiger partial charge in [0.25, 0.3) is 0 Å². The molecule has 0 spiro atoms. The molecular formula is C65H80N12O6. The molecule has 0 radical (unpaired) electrons. The molecule has 6 unspecified atom stereocenters. The molecule has 4 aliphatic carbocycles. The van der Waals surface area contributed by atoms with E-state index in [-0.39, 0.29) is 26.9 Å². The Morgan fingerprint density at radius 3 is 1.72 bits per heavy atom. The largest absolute Gasteiger partial charge is 0.494 e. The van der Waals surface area contributed by atoms with E-state index in [9.17, 15) is 0 Å². The average Bonchev–Trinajstić information content (AvgIpc) is 4.47. The predicted octanol–water partition coefficient (Wildman–Crippen LogP) is 10.3. The second-order valence-corrected chi connectivity index (χ2v) is 22.2. The van der Waals surface area contributed by atoms with Crippen LogP contribution in [0.2, 0.25) is 0 Å². The summed E-state index contributed by atoms with van der Waals surface area (Å²) in [5.74, 6) is 9.82. The molecule has 6 atom stereocenters. The van der Waals surface area contributed by atoms with Gasteiger partial charge < -0.3 is 59.3 Å². The number of H-pyrrole nitrogens is 3. The first kappa shape index (κ1) is 56.9. The lowest BCUT2D eigenvalue weighted by atomic mass is 9.87. The summed E-state index contributed by atoms with van der Waals surface area (Å²) < 4.78 is 33.0. The van der Waals surface area contributed by atoms with E-state index in [1.165, 1.54) is 74.8 Å². The molecule has 3 aromatic carbocycles. The second-order valence-electron chi connectivity index (χ2n) is 22.2. The minimum absolute atomic E-state index is 0. The molecule has 6 aromatic rings. The maximum atomic E-state index is 5.62. The Morgan fingerprint density at radius 1 is 0.434 bits per heavy atom. The number of allylic oxidation sites excluding steroid dienone is 2. The van der Waals surface area contributed by atoms with Gasteiger partial charge >= 0.3 is 0 Å². The Morgan fingerprint density at radius 2 is 1.01 bits per heavy atom. The Labute approximate surface area is 486 Å². The third-order valence-electron chi connectivity index (χ3n) is 16.5. The smallest absolute Gasteiger partial charge is 0.165 e. The van der Waals surface area contributed by atoms with Crippen molar-refractivity contribution in [2.24, 2.45) is 15.0 Å². The lowest BCUT2D eigenvalue weighted by Crippen LogP contribution is -2.37. The topological polar surface area (TPSA) is 215 Å². The Hall–Kier alpha value is -7.96. The molecule has 11 heterocycles. The summed E-state index contributed by atoms with van der Waals surface area (Å²) in [6.07, 6.45) is 20.7. The van der Waals surface area contributed by atoms with Gasteiger partial charge in [-0.3, -0.25) is 15.0 Å². The number of imidazole rings is 3. The Bertz CT molecular complexity index is 3340. The standard InChI is InChI=1S/2C11H14N2O.C11H12N2.C10H12N2O2.2C10H10N2O.2CH4/c1-7-12-10-3-2-8-6-14-5-4-9(8)11(10)13-7;1-7-12-9-4-5-10-8(11(9)13-7)3-2-6-14-10;1-7-12-10-6-5-8-3-2-4-9(8)11(10)13-7;1-6-11-7-2-3-8-10(9(7)12-6)14-5-4-13-8;1-6-11-9-3-2-7-4-13-5-8(7)10(9)12-6;1-6-11-8-2-3-9-7(4-5-13-9)10(8)12-6;;/h2-3,10-11H,4-6H2,1H3,(H,12,13);4-5,9,11H,2-3,6H2,1H3,(H,12,13);5-6H,2-4H2,1H3,(H,12,13);2-3,7,9H,4-5H2,1H3,(H,11,12);2*2-3H,4-5H2,1H3,(H,11,12);2*1H4. The van der Waals surface area contributed by atoms with Gasteiger partial charge in [-0.1, -0.05) is 51.3 Å². The molecule has 0 saturated heterocycles. The van der Waals surface area contributed by atoms with Crippen LogP contribution in [0, 0.1) is 20.8 Å². The number of amidine groups is 3. The average molecular weight is 1130 g/mol.